The maximum absolute atomic E-state index is 13.1. The number of nitrogens with zero attached hydrogens (tertiary/aromatic N) is 15. The molecule has 31 heteroatoms. The van der Waals surface area contributed by atoms with Gasteiger partial charge in [-0.1, -0.05) is 23.2 Å². The summed E-state index contributed by atoms with van der Waals surface area (Å²) in [5.74, 6) is -2.27. The van der Waals surface area contributed by atoms with Gasteiger partial charge in [-0.15, -0.1) is 0 Å². The smallest absolute Gasteiger partial charge is 0.357 e. The number of nitrogens with one attached hydrogen (secondary N) is 1. The summed E-state index contributed by atoms with van der Waals surface area (Å²) in [5, 5.41) is 13.5. The molecular formula is C52H58Cl2F3N19O7. The molecule has 0 atom stereocenters. The van der Waals surface area contributed by atoms with Crippen molar-refractivity contribution in [2.75, 3.05) is 83.0 Å². The highest BCUT2D eigenvalue weighted by atomic mass is 35.5. The van der Waals surface area contributed by atoms with Crippen LogP contribution in [0, 0.1) is 17.5 Å². The Kier molecular flexibility index (Phi) is 20.7. The molecule has 0 spiro atoms. The molecule has 8 N–H and O–H groups in total. The average molecular weight is 1190 g/mol. The summed E-state index contributed by atoms with van der Waals surface area (Å²) in [5.41, 5.74) is 19.0. The summed E-state index contributed by atoms with van der Waals surface area (Å²) < 4.78 is 61.3. The number of nitrogens with two attached hydrogens (primary N) is 3. The molecule has 6 aromatic heterocycles. The normalized spacial score (nSPS) is 15.3. The van der Waals surface area contributed by atoms with E-state index in [2.05, 4.69) is 70.0 Å². The number of aromatic carboxylic acids is 1. The third-order valence-electron chi connectivity index (χ3n) is 12.8. The zero-order valence-electron chi connectivity index (χ0n) is 44.9. The number of rotatable bonds is 12. The van der Waals surface area contributed by atoms with E-state index >= 15 is 0 Å². The number of carbonyl (C=O) groups is 2. The summed E-state index contributed by atoms with van der Waals surface area (Å²) in [6, 6.07) is 11.0. The van der Waals surface area contributed by atoms with Crippen LogP contribution in [0.15, 0.2) is 74.0 Å². The molecule has 83 heavy (non-hydrogen) atoms. The first-order chi connectivity index (χ1) is 39.9. The monoisotopic (exact) mass is 1190 g/mol. The van der Waals surface area contributed by atoms with Crippen LogP contribution in [-0.2, 0) is 11.2 Å². The van der Waals surface area contributed by atoms with Crippen LogP contribution in [0.1, 0.15) is 78.9 Å². The average Bonchev–Trinajstić information content (AvgIpc) is 4.07. The second-order valence-corrected chi connectivity index (χ2v) is 19.9. The Hall–Kier alpha value is -8.99. The first-order valence-electron chi connectivity index (χ1n) is 26.1. The predicted molar refractivity (Wildman–Crippen MR) is 299 cm³/mol. The summed E-state index contributed by atoms with van der Waals surface area (Å²) in [7, 11) is 0. The predicted octanol–water partition coefficient (Wildman–Crippen LogP) is 6.33. The van der Waals surface area contributed by atoms with Crippen molar-refractivity contribution >= 4 is 75.7 Å². The van der Waals surface area contributed by atoms with E-state index in [1.54, 1.807) is 26.0 Å². The molecule has 0 amide bonds. The van der Waals surface area contributed by atoms with Crippen LogP contribution in [0.5, 0.6) is 18.0 Å². The van der Waals surface area contributed by atoms with Crippen LogP contribution in [0.2, 0.25) is 10.2 Å². The van der Waals surface area contributed by atoms with Crippen molar-refractivity contribution < 1.29 is 46.8 Å². The third kappa shape index (κ3) is 17.5. The molecule has 1 aromatic carbocycles. The number of carbonyl (C=O) groups excluding carboxylic acids is 1. The first-order valence-corrected chi connectivity index (χ1v) is 26.9. The lowest BCUT2D eigenvalue weighted by Crippen LogP contribution is -2.39. The van der Waals surface area contributed by atoms with Crippen LogP contribution >= 0.6 is 23.2 Å². The fourth-order valence-electron chi connectivity index (χ4n) is 8.63. The highest BCUT2D eigenvalue weighted by Crippen LogP contribution is 2.27. The van der Waals surface area contributed by atoms with E-state index in [0.29, 0.717) is 68.7 Å². The SMILES string of the molecule is CC(C)OC(=O)c1cc(N2CCC(Oc3ncc(F)c(N)n3)CC2)ncn1.Clc1ccc2c(c1)CCN2.Nc1nc(OC2CCN(c3cc(C(=O)O)ncn3)CC2)ncc1F.Nc1nc(OC2CCN(c3cc(Cl)ncn3)CC2)ncc1F. The van der Waals surface area contributed by atoms with E-state index in [1.807, 2.05) is 28.0 Å². The number of benzene rings is 1. The lowest BCUT2D eigenvalue weighted by molar-refractivity contribution is 0.0370. The van der Waals surface area contributed by atoms with Crippen molar-refractivity contribution in [3.05, 3.63) is 119 Å². The lowest BCUT2D eigenvalue weighted by atomic mass is 10.1. The molecule has 10 heterocycles. The molecule has 26 nitrogen and oxygen atoms in total. The van der Waals surface area contributed by atoms with Crippen LogP contribution in [-0.4, -0.2) is 147 Å². The number of nitrogen functional groups attached to an aromatic ring is 3. The Morgan fingerprint density at radius 2 is 1.00 bits per heavy atom. The summed E-state index contributed by atoms with van der Waals surface area (Å²) in [4.78, 5) is 75.8. The molecule has 3 fully saturated rings. The molecule has 0 radical (unpaired) electrons. The summed E-state index contributed by atoms with van der Waals surface area (Å²) in [6.45, 7) is 8.70. The minimum Gasteiger partial charge on any atom is -0.477 e. The van der Waals surface area contributed by atoms with Gasteiger partial charge in [-0.05, 0) is 44.0 Å². The Balaban J connectivity index is 0.000000150. The highest BCUT2D eigenvalue weighted by molar-refractivity contribution is 6.30. The minimum atomic E-state index is -1.09. The maximum atomic E-state index is 13.1. The zero-order chi connectivity index (χ0) is 59.0. The standard InChI is InChI=1S/C17H21FN6O3.C14H15FN6O3.C13H14ClFN6O.C8H8ClN/c1-10(2)26-16(25)13-7-14(22-9-21-13)24-5-3-11(4-6-24)27-17-20-8-12(18)15(19)23-17;15-9-6-17-14(20-12(9)16)24-8-1-3-21(4-2-8)11-5-10(13(22)23)18-7-19-11;14-10-5-11(19-7-18-10)21-3-1-8(2-4-21)22-13-17-6-9(15)12(16)20-13;9-7-1-2-8-6(5-7)3-4-10-8/h7-11H,3-6H2,1-2H3,(H2,19,20,23);5-8H,1-4H2,(H,22,23)(H2,16,17,20);5-8H,1-4H2,(H2,16,17,20);1-2,5,10H,3-4H2. The molecule has 0 aliphatic carbocycles. The molecule has 3 saturated heterocycles. The molecule has 438 valence electrons. The van der Waals surface area contributed by atoms with Gasteiger partial charge in [-0.2, -0.15) is 15.0 Å². The molecular weight excluding hydrogens is 1130 g/mol. The van der Waals surface area contributed by atoms with Crippen molar-refractivity contribution in [1.82, 2.24) is 59.8 Å². The van der Waals surface area contributed by atoms with E-state index in [1.165, 1.54) is 36.3 Å². The quantitative estimate of drug-likeness (QED) is 0.0658. The van der Waals surface area contributed by atoms with Crippen molar-refractivity contribution in [2.45, 2.75) is 83.2 Å². The number of carboxylic acid groups (broad SMARTS) is 1. The molecule has 7 aromatic rings. The number of fused-ring (bicyclic) bond motifs is 1. The van der Waals surface area contributed by atoms with Gasteiger partial charge in [0.25, 0.3) is 0 Å². The van der Waals surface area contributed by atoms with Gasteiger partial charge in [-0.25, -0.2) is 67.6 Å². The number of halogens is 5. The largest absolute Gasteiger partial charge is 0.477 e. The van der Waals surface area contributed by atoms with Gasteiger partial charge in [0.05, 0.1) is 24.7 Å². The Morgan fingerprint density at radius 3 is 1.41 bits per heavy atom. The van der Waals surface area contributed by atoms with Crippen molar-refractivity contribution in [2.24, 2.45) is 0 Å². The number of piperidine rings is 3. The van der Waals surface area contributed by atoms with Gasteiger partial charge < -0.3 is 61.3 Å². The number of carboxylic acids is 1. The lowest BCUT2D eigenvalue weighted by Gasteiger charge is -2.32. The second kappa shape index (κ2) is 28.6. The third-order valence-corrected chi connectivity index (χ3v) is 13.3. The van der Waals surface area contributed by atoms with Crippen LogP contribution in [0.3, 0.4) is 0 Å². The van der Waals surface area contributed by atoms with E-state index in [-0.39, 0.29) is 71.3 Å². The van der Waals surface area contributed by atoms with Crippen LogP contribution in [0.4, 0.5) is 53.8 Å². The van der Waals surface area contributed by atoms with Crippen molar-refractivity contribution in [3.63, 3.8) is 0 Å². The molecule has 4 aliphatic heterocycles. The number of hydrogen-bond donors (Lipinski definition) is 5. The van der Waals surface area contributed by atoms with Crippen molar-refractivity contribution in [1.29, 1.82) is 0 Å². The number of ether oxygens (including phenoxy) is 4. The van der Waals surface area contributed by atoms with E-state index < -0.39 is 29.4 Å². The maximum Gasteiger partial charge on any atom is 0.357 e. The number of aromatic nitrogens is 12. The van der Waals surface area contributed by atoms with Gasteiger partial charge in [0.1, 0.15) is 59.9 Å². The Morgan fingerprint density at radius 1 is 0.590 bits per heavy atom. The van der Waals surface area contributed by atoms with E-state index in [0.717, 1.165) is 68.3 Å². The van der Waals surface area contributed by atoms with Crippen LogP contribution < -0.4 is 51.4 Å². The topological polar surface area (TPSA) is 346 Å². The fraction of sp³-hybridized carbons (Fsp3) is 0.385. The fourth-order valence-corrected chi connectivity index (χ4v) is 8.97. The van der Waals surface area contributed by atoms with E-state index in [4.69, 9.17) is 64.5 Å². The van der Waals surface area contributed by atoms with Gasteiger partial charge in [0.2, 0.25) is 0 Å². The first kappa shape index (κ1) is 60.1. The molecule has 0 saturated carbocycles. The summed E-state index contributed by atoms with van der Waals surface area (Å²) >= 11 is 11.7. The van der Waals surface area contributed by atoms with Gasteiger partial charge in [-0.3, -0.25) is 0 Å². The van der Waals surface area contributed by atoms with Crippen molar-refractivity contribution in [3.8, 4) is 18.0 Å². The Labute approximate surface area is 483 Å². The second-order valence-electron chi connectivity index (χ2n) is 19.0. The molecule has 11 rings (SSSR count). The van der Waals surface area contributed by atoms with Gasteiger partial charge >= 0.3 is 30.0 Å². The number of anilines is 7. The van der Waals surface area contributed by atoms with Gasteiger partial charge in [0, 0.05) is 113 Å². The van der Waals surface area contributed by atoms with E-state index in [9.17, 15) is 22.8 Å². The summed E-state index contributed by atoms with van der Waals surface area (Å²) in [6.07, 6.45) is 11.8. The molecule has 4 aliphatic rings. The Bertz CT molecular complexity index is 3330. The number of esters is 1. The number of hydrogen-bond acceptors (Lipinski definition) is 25. The highest BCUT2D eigenvalue weighted by Gasteiger charge is 2.27. The molecule has 0 unspecified atom stereocenters. The van der Waals surface area contributed by atoms with Crippen LogP contribution in [0.25, 0.3) is 0 Å². The zero-order valence-corrected chi connectivity index (χ0v) is 46.4. The minimum absolute atomic E-state index is 0.0431. The molecule has 0 bridgehead atoms. The van der Waals surface area contributed by atoms with Gasteiger partial charge in [0.15, 0.2) is 46.3 Å².